The van der Waals surface area contributed by atoms with Crippen LogP contribution in [0.4, 0.5) is 0 Å². The predicted octanol–water partition coefficient (Wildman–Crippen LogP) is 8.38. The van der Waals surface area contributed by atoms with Crippen molar-refractivity contribution in [2.75, 3.05) is 6.61 Å². The van der Waals surface area contributed by atoms with Crippen LogP contribution >= 0.6 is 0 Å². The Morgan fingerprint density at radius 1 is 0.857 bits per heavy atom. The average molecular weight is 385 g/mol. The van der Waals surface area contributed by atoms with Crippen LogP contribution in [-0.4, -0.2) is 6.61 Å². The molecule has 2 fully saturated rings. The molecule has 0 spiro atoms. The van der Waals surface area contributed by atoms with Gasteiger partial charge in [0.05, 0.1) is 6.61 Å². The van der Waals surface area contributed by atoms with Crippen molar-refractivity contribution < 1.29 is 4.74 Å². The van der Waals surface area contributed by atoms with Gasteiger partial charge in [-0.2, -0.15) is 0 Å². The van der Waals surface area contributed by atoms with Crippen molar-refractivity contribution in [1.29, 1.82) is 0 Å². The van der Waals surface area contributed by atoms with Crippen LogP contribution in [0.3, 0.4) is 0 Å². The molecule has 0 aliphatic heterocycles. The molecule has 3 rings (SSSR count). The van der Waals surface area contributed by atoms with Gasteiger partial charge in [-0.3, -0.25) is 0 Å². The van der Waals surface area contributed by atoms with Crippen LogP contribution < -0.4 is 4.74 Å². The molecule has 0 heterocycles. The Kier molecular flexibility index (Phi) is 8.74. The number of hydrogen-bond donors (Lipinski definition) is 0. The molecule has 1 nitrogen and oxygen atoms in total. The van der Waals surface area contributed by atoms with Crippen LogP contribution in [-0.2, 0) is 0 Å². The highest BCUT2D eigenvalue weighted by Gasteiger charge is 2.35. The van der Waals surface area contributed by atoms with Crippen molar-refractivity contribution in [2.24, 2.45) is 23.7 Å². The second-order valence-electron chi connectivity index (χ2n) is 9.85. The zero-order valence-electron chi connectivity index (χ0n) is 18.8. The first-order valence-corrected chi connectivity index (χ1v) is 12.4. The molecule has 2 saturated carbocycles. The normalized spacial score (nSPS) is 30.9. The lowest BCUT2D eigenvalue weighted by atomic mass is 9.64. The summed E-state index contributed by atoms with van der Waals surface area (Å²) in [5, 5.41) is 0. The number of unbranched alkanes of at least 4 members (excludes halogenated alkanes) is 2. The summed E-state index contributed by atoms with van der Waals surface area (Å²) in [4.78, 5) is 0. The number of ether oxygens (including phenoxy) is 1. The average Bonchev–Trinajstić information content (AvgIpc) is 2.73. The molecule has 1 aromatic rings. The van der Waals surface area contributed by atoms with Crippen LogP contribution in [0.2, 0.25) is 0 Å². The van der Waals surface area contributed by atoms with E-state index in [1.165, 1.54) is 76.2 Å². The van der Waals surface area contributed by atoms with E-state index in [1.54, 1.807) is 0 Å². The van der Waals surface area contributed by atoms with Crippen molar-refractivity contribution in [2.45, 2.75) is 104 Å². The van der Waals surface area contributed by atoms with Crippen LogP contribution in [0, 0.1) is 23.7 Å². The lowest BCUT2D eigenvalue weighted by Crippen LogP contribution is -2.31. The third-order valence-electron chi connectivity index (χ3n) is 7.76. The van der Waals surface area contributed by atoms with E-state index in [9.17, 15) is 0 Å². The Balaban J connectivity index is 1.44. The van der Waals surface area contributed by atoms with Crippen molar-refractivity contribution in [3.8, 4) is 5.75 Å². The van der Waals surface area contributed by atoms with E-state index in [2.05, 4.69) is 45.0 Å². The Morgan fingerprint density at radius 2 is 1.61 bits per heavy atom. The molecule has 2 aliphatic carbocycles. The van der Waals surface area contributed by atoms with Gasteiger partial charge < -0.3 is 4.74 Å². The fourth-order valence-corrected chi connectivity index (χ4v) is 6.11. The molecular weight excluding hydrogens is 340 g/mol. The van der Waals surface area contributed by atoms with Gasteiger partial charge in [-0.1, -0.05) is 65.0 Å². The summed E-state index contributed by atoms with van der Waals surface area (Å²) >= 11 is 0. The second-order valence-corrected chi connectivity index (χ2v) is 9.85. The monoisotopic (exact) mass is 384 g/mol. The molecule has 2 aliphatic rings. The molecule has 0 saturated heterocycles. The smallest absolute Gasteiger partial charge is 0.119 e. The molecule has 1 aromatic carbocycles. The Hall–Kier alpha value is -0.980. The summed E-state index contributed by atoms with van der Waals surface area (Å²) < 4.78 is 5.75. The van der Waals surface area contributed by atoms with Gasteiger partial charge in [0.2, 0.25) is 0 Å². The van der Waals surface area contributed by atoms with Crippen molar-refractivity contribution in [3.63, 3.8) is 0 Å². The zero-order chi connectivity index (χ0) is 19.8. The summed E-state index contributed by atoms with van der Waals surface area (Å²) in [6.07, 6.45) is 17.1. The van der Waals surface area contributed by atoms with Crippen LogP contribution in [0.5, 0.6) is 5.75 Å². The van der Waals surface area contributed by atoms with E-state index in [4.69, 9.17) is 4.74 Å². The molecule has 3 unspecified atom stereocenters. The first-order valence-electron chi connectivity index (χ1n) is 12.4. The van der Waals surface area contributed by atoms with Gasteiger partial charge in [-0.25, -0.2) is 0 Å². The third-order valence-corrected chi connectivity index (χ3v) is 7.76. The quantitative estimate of drug-likeness (QED) is 0.388. The van der Waals surface area contributed by atoms with E-state index >= 15 is 0 Å². The first kappa shape index (κ1) is 21.7. The summed E-state index contributed by atoms with van der Waals surface area (Å²) in [6, 6.07) is 9.00. The van der Waals surface area contributed by atoms with Gasteiger partial charge in [0.1, 0.15) is 5.75 Å². The summed E-state index contributed by atoms with van der Waals surface area (Å²) in [6.45, 7) is 7.87. The summed E-state index contributed by atoms with van der Waals surface area (Å²) in [7, 11) is 0. The fourth-order valence-electron chi connectivity index (χ4n) is 6.11. The maximum Gasteiger partial charge on any atom is 0.119 e. The van der Waals surface area contributed by atoms with Gasteiger partial charge in [0.15, 0.2) is 0 Å². The van der Waals surface area contributed by atoms with Gasteiger partial charge in [-0.15, -0.1) is 0 Å². The van der Waals surface area contributed by atoms with Crippen LogP contribution in [0.1, 0.15) is 109 Å². The maximum atomic E-state index is 5.75. The van der Waals surface area contributed by atoms with Gasteiger partial charge in [0, 0.05) is 0 Å². The van der Waals surface area contributed by atoms with E-state index in [0.29, 0.717) is 0 Å². The van der Waals surface area contributed by atoms with E-state index in [0.717, 1.165) is 48.4 Å². The summed E-state index contributed by atoms with van der Waals surface area (Å²) in [5.74, 6) is 5.80. The lowest BCUT2D eigenvalue weighted by Gasteiger charge is -2.42. The highest BCUT2D eigenvalue weighted by atomic mass is 16.5. The molecule has 0 bridgehead atoms. The van der Waals surface area contributed by atoms with E-state index < -0.39 is 0 Å². The highest BCUT2D eigenvalue weighted by Crippen LogP contribution is 2.46. The minimum Gasteiger partial charge on any atom is -0.494 e. The highest BCUT2D eigenvalue weighted by molar-refractivity contribution is 5.29. The number of rotatable bonds is 9. The molecule has 1 heteroatoms. The molecule has 3 atom stereocenters. The lowest BCUT2D eigenvalue weighted by molar-refractivity contribution is 0.101. The van der Waals surface area contributed by atoms with E-state index in [1.807, 2.05) is 0 Å². The largest absolute Gasteiger partial charge is 0.494 e. The SMILES string of the molecule is CCCCCC1CCC(C2CCC(c3ccc(OCCC)cc3)CC2)C(C)C1. The topological polar surface area (TPSA) is 9.23 Å². The van der Waals surface area contributed by atoms with Crippen molar-refractivity contribution in [3.05, 3.63) is 29.8 Å². The molecule has 28 heavy (non-hydrogen) atoms. The fraction of sp³-hybridized carbons (Fsp3) is 0.778. The van der Waals surface area contributed by atoms with Crippen molar-refractivity contribution >= 4 is 0 Å². The third kappa shape index (κ3) is 6.01. The second kappa shape index (κ2) is 11.3. The van der Waals surface area contributed by atoms with Crippen LogP contribution in [0.25, 0.3) is 0 Å². The Bertz CT molecular complexity index is 540. The number of benzene rings is 1. The summed E-state index contributed by atoms with van der Waals surface area (Å²) in [5.41, 5.74) is 1.54. The molecule has 0 amide bonds. The first-order chi connectivity index (χ1) is 13.7. The van der Waals surface area contributed by atoms with Gasteiger partial charge in [-0.05, 0) is 92.2 Å². The molecular formula is C27H44O. The van der Waals surface area contributed by atoms with Gasteiger partial charge in [0.25, 0.3) is 0 Å². The van der Waals surface area contributed by atoms with Crippen LogP contribution in [0.15, 0.2) is 24.3 Å². The molecule has 0 N–H and O–H groups in total. The molecule has 0 aromatic heterocycles. The molecule has 158 valence electrons. The number of hydrogen-bond acceptors (Lipinski definition) is 1. The van der Waals surface area contributed by atoms with E-state index in [-0.39, 0.29) is 0 Å². The standard InChI is InChI=1S/C27H44O/c1-4-6-7-8-22-9-18-27(21(3)20-22)25-12-10-23(11-13-25)24-14-16-26(17-15-24)28-19-5-2/h14-17,21-23,25,27H,4-13,18-20H2,1-3H3. The van der Waals surface area contributed by atoms with Gasteiger partial charge >= 0.3 is 0 Å². The Morgan fingerprint density at radius 3 is 2.25 bits per heavy atom. The predicted molar refractivity (Wildman–Crippen MR) is 121 cm³/mol. The molecule has 0 radical (unpaired) electrons. The minimum atomic E-state index is 0.775. The maximum absolute atomic E-state index is 5.75. The zero-order valence-corrected chi connectivity index (χ0v) is 18.8. The van der Waals surface area contributed by atoms with Crippen molar-refractivity contribution in [1.82, 2.24) is 0 Å². The Labute approximate surface area is 174 Å². The minimum absolute atomic E-state index is 0.775.